The van der Waals surface area contributed by atoms with Crippen LogP contribution in [0.5, 0.6) is 5.75 Å². The Hall–Kier alpha value is -1.26. The van der Waals surface area contributed by atoms with E-state index in [1.165, 1.54) is 0 Å². The molecule has 0 amide bonds. The largest absolute Gasteiger partial charge is 0.485 e. The predicted molar refractivity (Wildman–Crippen MR) is 79.9 cm³/mol. The van der Waals surface area contributed by atoms with E-state index in [0.29, 0.717) is 5.02 Å². The zero-order valence-electron chi connectivity index (χ0n) is 10.1. The first-order valence-corrected chi connectivity index (χ1v) is 7.21. The Morgan fingerprint density at radius 3 is 3.11 bits per heavy atom. The van der Waals surface area contributed by atoms with Gasteiger partial charge < -0.3 is 10.1 Å². The summed E-state index contributed by atoms with van der Waals surface area (Å²) in [7, 11) is 0. The van der Waals surface area contributed by atoms with Crippen LogP contribution in [0.2, 0.25) is 5.02 Å². The second kappa shape index (κ2) is 5.39. The third-order valence-corrected chi connectivity index (χ3v) is 3.67. The van der Waals surface area contributed by atoms with Crippen molar-refractivity contribution < 1.29 is 4.74 Å². The highest BCUT2D eigenvalue weighted by atomic mass is 79.9. The summed E-state index contributed by atoms with van der Waals surface area (Å²) in [6, 6.07) is 9.51. The Labute approximate surface area is 125 Å². The summed E-state index contributed by atoms with van der Waals surface area (Å²) < 4.78 is 6.99. The van der Waals surface area contributed by atoms with Gasteiger partial charge in [0.15, 0.2) is 0 Å². The lowest BCUT2D eigenvalue weighted by Crippen LogP contribution is -2.21. The van der Waals surface area contributed by atoms with Crippen LogP contribution in [-0.4, -0.2) is 11.5 Å². The number of hydrogen-bond donors (Lipinski definition) is 1. The molecule has 0 saturated carbocycles. The third-order valence-electron chi connectivity index (χ3n) is 3.00. The van der Waals surface area contributed by atoms with Crippen LogP contribution in [0.25, 0.3) is 0 Å². The number of hydrogen-bond acceptors (Lipinski definition) is 3. The van der Waals surface area contributed by atoms with Crippen LogP contribution < -0.4 is 10.1 Å². The molecule has 19 heavy (non-hydrogen) atoms. The molecule has 1 aliphatic rings. The minimum Gasteiger partial charge on any atom is -0.485 e. The van der Waals surface area contributed by atoms with Gasteiger partial charge in [0.2, 0.25) is 0 Å². The molecule has 2 aromatic rings. The summed E-state index contributed by atoms with van der Waals surface area (Å²) in [5.74, 6) is 1.67. The van der Waals surface area contributed by atoms with E-state index in [9.17, 15) is 0 Å². The molecular weight excluding hydrogens is 328 g/mol. The molecule has 0 radical (unpaired) electrons. The van der Waals surface area contributed by atoms with Crippen molar-refractivity contribution in [1.29, 1.82) is 0 Å². The van der Waals surface area contributed by atoms with E-state index in [1.54, 1.807) is 6.20 Å². The number of anilines is 1. The molecule has 2 heterocycles. The first-order valence-electron chi connectivity index (χ1n) is 6.04. The molecule has 3 nitrogen and oxygen atoms in total. The number of nitrogens with one attached hydrogen (secondary N) is 1. The fraction of sp³-hybridized carbons (Fsp3) is 0.214. The number of rotatable bonds is 2. The van der Waals surface area contributed by atoms with Crippen molar-refractivity contribution in [2.24, 2.45) is 0 Å². The maximum absolute atomic E-state index is 6.03. The Kier molecular flexibility index (Phi) is 3.62. The van der Waals surface area contributed by atoms with Crippen molar-refractivity contribution in [2.45, 2.75) is 12.5 Å². The van der Waals surface area contributed by atoms with E-state index in [1.807, 2.05) is 30.3 Å². The Morgan fingerprint density at radius 1 is 1.37 bits per heavy atom. The van der Waals surface area contributed by atoms with Crippen molar-refractivity contribution in [2.75, 3.05) is 11.9 Å². The van der Waals surface area contributed by atoms with Crippen molar-refractivity contribution in [3.8, 4) is 5.75 Å². The maximum Gasteiger partial charge on any atom is 0.132 e. The molecule has 5 heteroatoms. The SMILES string of the molecule is Clc1cccc(O[C@H]2CCNc3ncc(Br)cc32)c1. The van der Waals surface area contributed by atoms with Crippen LogP contribution in [0, 0.1) is 0 Å². The monoisotopic (exact) mass is 338 g/mol. The fourth-order valence-electron chi connectivity index (χ4n) is 2.15. The minimum absolute atomic E-state index is 0.000262. The van der Waals surface area contributed by atoms with Gasteiger partial charge in [0, 0.05) is 34.2 Å². The average molecular weight is 340 g/mol. The highest BCUT2D eigenvalue weighted by Crippen LogP contribution is 2.34. The average Bonchev–Trinajstić information content (AvgIpc) is 2.39. The molecule has 3 rings (SSSR count). The standard InChI is InChI=1S/C14H12BrClN2O/c15-9-6-12-13(4-5-17-14(12)18-8-9)19-11-3-1-2-10(16)7-11/h1-3,6-8,13H,4-5H2,(H,17,18)/t13-/m0/s1. The lowest BCUT2D eigenvalue weighted by Gasteiger charge is -2.26. The molecule has 0 bridgehead atoms. The van der Waals surface area contributed by atoms with Gasteiger partial charge in [-0.05, 0) is 40.2 Å². The predicted octanol–water partition coefficient (Wildman–Crippen LogP) is 4.43. The van der Waals surface area contributed by atoms with Gasteiger partial charge in [0.25, 0.3) is 0 Å². The van der Waals surface area contributed by atoms with Gasteiger partial charge in [-0.15, -0.1) is 0 Å². The van der Waals surface area contributed by atoms with Crippen molar-refractivity contribution in [3.63, 3.8) is 0 Å². The summed E-state index contributed by atoms with van der Waals surface area (Å²) in [5.41, 5.74) is 1.07. The molecule has 0 spiro atoms. The molecule has 1 N–H and O–H groups in total. The molecule has 98 valence electrons. The topological polar surface area (TPSA) is 34.1 Å². The second-order valence-corrected chi connectivity index (χ2v) is 5.72. The van der Waals surface area contributed by atoms with E-state index in [2.05, 4.69) is 26.2 Å². The zero-order chi connectivity index (χ0) is 13.2. The van der Waals surface area contributed by atoms with Crippen molar-refractivity contribution >= 4 is 33.3 Å². The van der Waals surface area contributed by atoms with E-state index in [-0.39, 0.29) is 6.10 Å². The number of nitrogens with zero attached hydrogens (tertiary/aromatic N) is 1. The van der Waals surface area contributed by atoms with Crippen LogP contribution in [0.3, 0.4) is 0 Å². The molecule has 0 unspecified atom stereocenters. The molecular formula is C14H12BrClN2O. The molecule has 1 aromatic carbocycles. The summed E-state index contributed by atoms with van der Waals surface area (Å²) in [5, 5.41) is 3.96. The van der Waals surface area contributed by atoms with Gasteiger partial charge in [0.05, 0.1) is 0 Å². The van der Waals surface area contributed by atoms with Crippen LogP contribution >= 0.6 is 27.5 Å². The number of ether oxygens (including phenoxy) is 1. The van der Waals surface area contributed by atoms with Crippen LogP contribution in [0.15, 0.2) is 41.0 Å². The Balaban J connectivity index is 1.89. The second-order valence-electron chi connectivity index (χ2n) is 4.37. The highest BCUT2D eigenvalue weighted by Gasteiger charge is 2.23. The summed E-state index contributed by atoms with van der Waals surface area (Å²) in [4.78, 5) is 4.36. The van der Waals surface area contributed by atoms with E-state index in [0.717, 1.165) is 34.6 Å². The molecule has 1 atom stereocenters. The van der Waals surface area contributed by atoms with Crippen LogP contribution in [0.4, 0.5) is 5.82 Å². The fourth-order valence-corrected chi connectivity index (χ4v) is 2.68. The van der Waals surface area contributed by atoms with Gasteiger partial charge in [-0.25, -0.2) is 4.98 Å². The first kappa shape index (κ1) is 12.8. The van der Waals surface area contributed by atoms with E-state index < -0.39 is 0 Å². The van der Waals surface area contributed by atoms with Crippen LogP contribution in [-0.2, 0) is 0 Å². The molecule has 0 aliphatic carbocycles. The first-order chi connectivity index (χ1) is 9.22. The van der Waals surface area contributed by atoms with E-state index in [4.69, 9.17) is 16.3 Å². The van der Waals surface area contributed by atoms with Crippen LogP contribution in [0.1, 0.15) is 18.1 Å². The van der Waals surface area contributed by atoms with Gasteiger partial charge in [-0.1, -0.05) is 17.7 Å². The molecule has 0 saturated heterocycles. The quantitative estimate of drug-likeness (QED) is 0.878. The van der Waals surface area contributed by atoms with Gasteiger partial charge in [0.1, 0.15) is 17.7 Å². The lowest BCUT2D eigenvalue weighted by atomic mass is 10.0. The Bertz CT molecular complexity index is 606. The molecule has 1 aromatic heterocycles. The van der Waals surface area contributed by atoms with Gasteiger partial charge >= 0.3 is 0 Å². The highest BCUT2D eigenvalue weighted by molar-refractivity contribution is 9.10. The number of fused-ring (bicyclic) bond motifs is 1. The number of halogens is 2. The van der Waals surface area contributed by atoms with Crippen molar-refractivity contribution in [1.82, 2.24) is 4.98 Å². The number of pyridine rings is 1. The zero-order valence-corrected chi connectivity index (χ0v) is 12.4. The summed E-state index contributed by atoms with van der Waals surface area (Å²) in [6.45, 7) is 0.854. The third kappa shape index (κ3) is 2.85. The smallest absolute Gasteiger partial charge is 0.132 e. The van der Waals surface area contributed by atoms with Gasteiger partial charge in [-0.3, -0.25) is 0 Å². The molecule has 1 aliphatic heterocycles. The van der Waals surface area contributed by atoms with Crippen molar-refractivity contribution in [3.05, 3.63) is 51.6 Å². The Morgan fingerprint density at radius 2 is 2.26 bits per heavy atom. The number of aromatic nitrogens is 1. The van der Waals surface area contributed by atoms with Gasteiger partial charge in [-0.2, -0.15) is 0 Å². The number of benzene rings is 1. The lowest BCUT2D eigenvalue weighted by molar-refractivity contribution is 0.195. The normalized spacial score (nSPS) is 17.5. The minimum atomic E-state index is -0.000262. The molecule has 0 fully saturated rings. The maximum atomic E-state index is 6.03. The summed E-state index contributed by atoms with van der Waals surface area (Å²) in [6.07, 6.45) is 2.69. The van der Waals surface area contributed by atoms with E-state index >= 15 is 0 Å². The summed E-state index contributed by atoms with van der Waals surface area (Å²) >= 11 is 9.42.